The zero-order valence-corrected chi connectivity index (χ0v) is 19.0. The van der Waals surface area contributed by atoms with E-state index >= 15 is 0 Å². The Morgan fingerprint density at radius 1 is 0.903 bits per heavy atom. The van der Waals surface area contributed by atoms with Crippen LogP contribution < -0.4 is 5.32 Å². The molecule has 31 heavy (non-hydrogen) atoms. The number of amides is 2. The molecule has 5 heteroatoms. The van der Waals surface area contributed by atoms with Gasteiger partial charge in [0, 0.05) is 12.7 Å². The molecule has 0 aliphatic rings. The zero-order valence-electron chi connectivity index (χ0n) is 18.2. The largest absolute Gasteiger partial charge is 0.336 e. The number of likely N-dealkylation sites (N-methyl/N-ethyl adjacent to an activating group) is 1. The predicted octanol–water partition coefficient (Wildman–Crippen LogP) is 5.22. The van der Waals surface area contributed by atoms with E-state index in [-0.39, 0.29) is 23.6 Å². The summed E-state index contributed by atoms with van der Waals surface area (Å²) in [6.45, 7) is 3.96. The predicted molar refractivity (Wildman–Crippen MR) is 129 cm³/mol. The van der Waals surface area contributed by atoms with Crippen LogP contribution in [0.25, 0.3) is 0 Å². The molecular formula is C26H28N2O2S. The summed E-state index contributed by atoms with van der Waals surface area (Å²) < 4.78 is 0. The van der Waals surface area contributed by atoms with Crippen molar-refractivity contribution in [1.29, 1.82) is 0 Å². The Morgan fingerprint density at radius 3 is 2.06 bits per heavy atom. The number of rotatable bonds is 8. The summed E-state index contributed by atoms with van der Waals surface area (Å²) in [5.74, 6) is 0.0250. The highest BCUT2D eigenvalue weighted by Gasteiger charge is 2.19. The highest BCUT2D eigenvalue weighted by molar-refractivity contribution is 8.00. The third kappa shape index (κ3) is 6.46. The maximum atomic E-state index is 12.7. The van der Waals surface area contributed by atoms with Gasteiger partial charge in [0.05, 0.1) is 17.5 Å². The summed E-state index contributed by atoms with van der Waals surface area (Å²) in [6.07, 6.45) is 0. The Labute approximate surface area is 188 Å². The molecular weight excluding hydrogens is 404 g/mol. The second-order valence-corrected chi connectivity index (χ2v) is 8.72. The van der Waals surface area contributed by atoms with Crippen LogP contribution in [-0.2, 0) is 9.59 Å². The van der Waals surface area contributed by atoms with Gasteiger partial charge in [0.1, 0.15) is 0 Å². The third-order valence-corrected chi connectivity index (χ3v) is 6.34. The molecule has 0 aliphatic carbocycles. The van der Waals surface area contributed by atoms with Gasteiger partial charge in [-0.2, -0.15) is 0 Å². The number of aryl methyl sites for hydroxylation is 2. The van der Waals surface area contributed by atoms with Gasteiger partial charge in [-0.25, -0.2) is 0 Å². The number of thioether (sulfide) groups is 1. The summed E-state index contributed by atoms with van der Waals surface area (Å²) in [4.78, 5) is 26.7. The molecule has 0 saturated carbocycles. The minimum Gasteiger partial charge on any atom is -0.336 e. The topological polar surface area (TPSA) is 49.4 Å². The number of hydrogen-bond acceptors (Lipinski definition) is 3. The molecule has 160 valence electrons. The molecule has 0 bridgehead atoms. The fourth-order valence-corrected chi connectivity index (χ4v) is 4.50. The van der Waals surface area contributed by atoms with Gasteiger partial charge in [0.2, 0.25) is 11.8 Å². The van der Waals surface area contributed by atoms with E-state index in [9.17, 15) is 9.59 Å². The first kappa shape index (κ1) is 22.6. The van der Waals surface area contributed by atoms with Crippen LogP contribution in [0.4, 0.5) is 5.69 Å². The molecule has 0 unspecified atom stereocenters. The monoisotopic (exact) mass is 432 g/mol. The second-order valence-electron chi connectivity index (χ2n) is 7.63. The lowest BCUT2D eigenvalue weighted by atomic mass is 10.0. The summed E-state index contributed by atoms with van der Waals surface area (Å²) in [6, 6.07) is 26.3. The highest BCUT2D eigenvalue weighted by Crippen LogP contribution is 2.35. The van der Waals surface area contributed by atoms with E-state index < -0.39 is 0 Å². The van der Waals surface area contributed by atoms with Crippen LogP contribution in [0, 0.1) is 13.8 Å². The SMILES string of the molecule is Cc1ccc(C)c(NC(=O)CN(C)C(=O)CSC(c2ccccc2)c2ccccc2)c1. The molecule has 0 aromatic heterocycles. The van der Waals surface area contributed by atoms with Gasteiger partial charge in [0.25, 0.3) is 0 Å². The lowest BCUT2D eigenvalue weighted by Crippen LogP contribution is -2.36. The van der Waals surface area contributed by atoms with Gasteiger partial charge in [-0.15, -0.1) is 11.8 Å². The van der Waals surface area contributed by atoms with Gasteiger partial charge in [0.15, 0.2) is 0 Å². The molecule has 3 aromatic rings. The van der Waals surface area contributed by atoms with Gasteiger partial charge < -0.3 is 10.2 Å². The summed E-state index contributed by atoms with van der Waals surface area (Å²) in [7, 11) is 1.67. The van der Waals surface area contributed by atoms with Crippen molar-refractivity contribution in [2.75, 3.05) is 24.7 Å². The van der Waals surface area contributed by atoms with Crippen LogP contribution in [-0.4, -0.2) is 36.1 Å². The van der Waals surface area contributed by atoms with Crippen LogP contribution in [0.1, 0.15) is 27.5 Å². The lowest BCUT2D eigenvalue weighted by molar-refractivity contribution is -0.131. The first-order valence-corrected chi connectivity index (χ1v) is 11.3. The van der Waals surface area contributed by atoms with Crippen LogP contribution >= 0.6 is 11.8 Å². The molecule has 1 N–H and O–H groups in total. The van der Waals surface area contributed by atoms with Crippen molar-refractivity contribution in [3.05, 3.63) is 101 Å². The Balaban J connectivity index is 1.60. The van der Waals surface area contributed by atoms with E-state index in [0.717, 1.165) is 27.9 Å². The van der Waals surface area contributed by atoms with E-state index in [1.807, 2.05) is 68.4 Å². The van der Waals surface area contributed by atoms with Crippen LogP contribution in [0.5, 0.6) is 0 Å². The molecule has 0 heterocycles. The van der Waals surface area contributed by atoms with E-state index in [1.54, 1.807) is 18.8 Å². The first-order valence-electron chi connectivity index (χ1n) is 10.3. The molecule has 2 amide bonds. The molecule has 3 aromatic carbocycles. The molecule has 3 rings (SSSR count). The summed E-state index contributed by atoms with van der Waals surface area (Å²) in [5.41, 5.74) is 5.17. The number of hydrogen-bond donors (Lipinski definition) is 1. The molecule has 0 fully saturated rings. The number of carbonyl (C=O) groups is 2. The highest BCUT2D eigenvalue weighted by atomic mass is 32.2. The Bertz CT molecular complexity index is 983. The molecule has 0 aliphatic heterocycles. The Hall–Kier alpha value is -3.05. The summed E-state index contributed by atoms with van der Waals surface area (Å²) in [5, 5.41) is 2.97. The summed E-state index contributed by atoms with van der Waals surface area (Å²) >= 11 is 1.58. The number of carbonyl (C=O) groups excluding carboxylic acids is 2. The van der Waals surface area contributed by atoms with Crippen molar-refractivity contribution < 1.29 is 9.59 Å². The van der Waals surface area contributed by atoms with Gasteiger partial charge in [-0.3, -0.25) is 9.59 Å². The third-order valence-electron chi connectivity index (χ3n) is 5.05. The smallest absolute Gasteiger partial charge is 0.243 e. The van der Waals surface area contributed by atoms with Crippen LogP contribution in [0.15, 0.2) is 78.9 Å². The fraction of sp³-hybridized carbons (Fsp3) is 0.231. The molecule has 0 atom stereocenters. The minimum absolute atomic E-state index is 0.0219. The average Bonchev–Trinajstić information content (AvgIpc) is 2.77. The normalized spacial score (nSPS) is 10.7. The van der Waals surface area contributed by atoms with Crippen molar-refractivity contribution >= 4 is 29.3 Å². The molecule has 0 radical (unpaired) electrons. The quantitative estimate of drug-likeness (QED) is 0.531. The second kappa shape index (κ2) is 10.8. The zero-order chi connectivity index (χ0) is 22.2. The number of nitrogens with zero attached hydrogens (tertiary/aromatic N) is 1. The lowest BCUT2D eigenvalue weighted by Gasteiger charge is -2.21. The standard InChI is InChI=1S/C26H28N2O2S/c1-19-14-15-20(2)23(16-19)27-24(29)17-28(3)25(30)18-31-26(21-10-6-4-7-11-21)22-12-8-5-9-13-22/h4-16,26H,17-18H2,1-3H3,(H,27,29). The average molecular weight is 433 g/mol. The Kier molecular flexibility index (Phi) is 7.90. The van der Waals surface area contributed by atoms with Gasteiger partial charge in [-0.05, 0) is 42.2 Å². The number of nitrogens with one attached hydrogen (secondary N) is 1. The van der Waals surface area contributed by atoms with Crippen molar-refractivity contribution in [3.8, 4) is 0 Å². The van der Waals surface area contributed by atoms with E-state index in [1.165, 1.54) is 4.90 Å². The minimum atomic E-state index is -0.197. The van der Waals surface area contributed by atoms with Gasteiger partial charge in [-0.1, -0.05) is 72.8 Å². The van der Waals surface area contributed by atoms with E-state index in [0.29, 0.717) is 5.75 Å². The number of benzene rings is 3. The van der Waals surface area contributed by atoms with Crippen molar-refractivity contribution in [2.24, 2.45) is 0 Å². The van der Waals surface area contributed by atoms with Crippen LogP contribution in [0.2, 0.25) is 0 Å². The maximum absolute atomic E-state index is 12.7. The van der Waals surface area contributed by atoms with Crippen molar-refractivity contribution in [1.82, 2.24) is 4.90 Å². The molecule has 4 nitrogen and oxygen atoms in total. The van der Waals surface area contributed by atoms with E-state index in [4.69, 9.17) is 0 Å². The maximum Gasteiger partial charge on any atom is 0.243 e. The van der Waals surface area contributed by atoms with E-state index in [2.05, 4.69) is 29.6 Å². The first-order chi connectivity index (χ1) is 14.9. The number of anilines is 1. The van der Waals surface area contributed by atoms with Crippen LogP contribution in [0.3, 0.4) is 0 Å². The van der Waals surface area contributed by atoms with Gasteiger partial charge >= 0.3 is 0 Å². The fourth-order valence-electron chi connectivity index (χ4n) is 3.27. The van der Waals surface area contributed by atoms with Crippen molar-refractivity contribution in [2.45, 2.75) is 19.1 Å². The Morgan fingerprint density at radius 2 is 1.48 bits per heavy atom. The molecule has 0 spiro atoms. The molecule has 0 saturated heterocycles. The van der Waals surface area contributed by atoms with Crippen molar-refractivity contribution in [3.63, 3.8) is 0 Å².